The lowest BCUT2D eigenvalue weighted by molar-refractivity contribution is -0.123. The van der Waals surface area contributed by atoms with Crippen LogP contribution in [0.25, 0.3) is 0 Å². The topological polar surface area (TPSA) is 110 Å². The van der Waals surface area contributed by atoms with E-state index in [0.29, 0.717) is 10.8 Å². The molecule has 126 valence electrons. The van der Waals surface area contributed by atoms with E-state index in [1.807, 2.05) is 32.0 Å². The van der Waals surface area contributed by atoms with Crippen LogP contribution in [0.2, 0.25) is 0 Å². The van der Waals surface area contributed by atoms with Gasteiger partial charge in [0.05, 0.1) is 13.1 Å². The van der Waals surface area contributed by atoms with Gasteiger partial charge in [-0.05, 0) is 55.9 Å². The molecular formula is C16H19N5O2S. The van der Waals surface area contributed by atoms with Gasteiger partial charge in [0.15, 0.2) is 5.16 Å². The Kier molecular flexibility index (Phi) is 6.28. The number of nitrogens with one attached hydrogen (secondary N) is 2. The Morgan fingerprint density at radius 2 is 1.71 bits per heavy atom. The van der Waals surface area contributed by atoms with Gasteiger partial charge in [0.25, 0.3) is 0 Å². The molecule has 2 aromatic rings. The van der Waals surface area contributed by atoms with Gasteiger partial charge in [-0.15, -0.1) is 0 Å². The molecule has 0 radical (unpaired) electrons. The second-order valence-electron chi connectivity index (χ2n) is 5.09. The van der Waals surface area contributed by atoms with E-state index in [1.54, 1.807) is 12.1 Å². The van der Waals surface area contributed by atoms with Crippen LogP contribution in [0.5, 0.6) is 0 Å². The molecular weight excluding hydrogens is 326 g/mol. The third kappa shape index (κ3) is 5.64. The number of amides is 2. The van der Waals surface area contributed by atoms with E-state index in [-0.39, 0.29) is 24.9 Å². The van der Waals surface area contributed by atoms with Gasteiger partial charge >= 0.3 is 0 Å². The predicted octanol–water partition coefficient (Wildman–Crippen LogP) is 1.26. The van der Waals surface area contributed by atoms with Crippen molar-refractivity contribution < 1.29 is 9.59 Å². The van der Waals surface area contributed by atoms with Gasteiger partial charge in [-0.2, -0.15) is 0 Å². The molecule has 2 amide bonds. The third-order valence-corrected chi connectivity index (χ3v) is 3.81. The molecule has 0 unspecified atom stereocenters. The van der Waals surface area contributed by atoms with Crippen LogP contribution in [0.4, 0.5) is 5.69 Å². The fourth-order valence-corrected chi connectivity index (χ4v) is 2.77. The minimum Gasteiger partial charge on any atom is -0.346 e. The number of hydrogen-bond donors (Lipinski definition) is 3. The Balaban J connectivity index is 1.93. The van der Waals surface area contributed by atoms with Crippen LogP contribution in [-0.2, 0) is 9.59 Å². The predicted molar refractivity (Wildman–Crippen MR) is 92.8 cm³/mol. The molecule has 1 aromatic carbocycles. The highest BCUT2D eigenvalue weighted by Crippen LogP contribution is 2.26. The van der Waals surface area contributed by atoms with Crippen LogP contribution in [0.3, 0.4) is 0 Å². The molecule has 8 heteroatoms. The zero-order valence-corrected chi connectivity index (χ0v) is 14.3. The summed E-state index contributed by atoms with van der Waals surface area (Å²) >= 11 is 1.45. The number of nitrogens with zero attached hydrogens (tertiary/aromatic N) is 2. The van der Waals surface area contributed by atoms with Crippen LogP contribution >= 0.6 is 11.8 Å². The van der Waals surface area contributed by atoms with E-state index in [0.717, 1.165) is 16.3 Å². The first-order valence-electron chi connectivity index (χ1n) is 7.33. The minimum atomic E-state index is -0.370. The van der Waals surface area contributed by atoms with Crippen LogP contribution in [0, 0.1) is 13.8 Å². The molecule has 0 saturated heterocycles. The number of carbonyl (C=O) groups excluding carboxylic acids is 2. The molecule has 4 N–H and O–H groups in total. The molecule has 0 atom stereocenters. The number of anilines is 1. The van der Waals surface area contributed by atoms with Gasteiger partial charge in [-0.3, -0.25) is 9.59 Å². The van der Waals surface area contributed by atoms with Crippen LogP contribution in [-0.4, -0.2) is 34.9 Å². The van der Waals surface area contributed by atoms with Crippen molar-refractivity contribution in [3.05, 3.63) is 41.7 Å². The van der Waals surface area contributed by atoms with E-state index >= 15 is 0 Å². The van der Waals surface area contributed by atoms with E-state index in [4.69, 9.17) is 5.73 Å². The van der Waals surface area contributed by atoms with E-state index in [1.165, 1.54) is 11.8 Å². The summed E-state index contributed by atoms with van der Waals surface area (Å²) in [6, 6.07) is 9.24. The monoisotopic (exact) mass is 345 g/mol. The number of aromatic nitrogens is 2. The quantitative estimate of drug-likeness (QED) is 0.680. The second-order valence-corrected chi connectivity index (χ2v) is 6.13. The van der Waals surface area contributed by atoms with Gasteiger partial charge in [0, 0.05) is 22.0 Å². The SMILES string of the molecule is Cc1cc(C)nc(Sc2ccc(NC(=O)CNC(=O)CN)cc2)n1. The van der Waals surface area contributed by atoms with Crippen molar-refractivity contribution >= 4 is 29.3 Å². The van der Waals surface area contributed by atoms with Crippen LogP contribution in [0.15, 0.2) is 40.4 Å². The fraction of sp³-hybridized carbons (Fsp3) is 0.250. The summed E-state index contributed by atoms with van der Waals surface area (Å²) < 4.78 is 0. The molecule has 7 nitrogen and oxygen atoms in total. The first-order chi connectivity index (χ1) is 11.5. The maximum absolute atomic E-state index is 11.7. The summed E-state index contributed by atoms with van der Waals surface area (Å²) in [7, 11) is 0. The molecule has 2 rings (SSSR count). The smallest absolute Gasteiger partial charge is 0.243 e. The second kappa shape index (κ2) is 8.42. The molecule has 24 heavy (non-hydrogen) atoms. The highest BCUT2D eigenvalue weighted by molar-refractivity contribution is 7.99. The molecule has 0 aliphatic rings. The van der Waals surface area contributed by atoms with Crippen molar-refractivity contribution in [2.45, 2.75) is 23.9 Å². The fourth-order valence-electron chi connectivity index (χ4n) is 1.91. The van der Waals surface area contributed by atoms with Crippen molar-refractivity contribution in [2.24, 2.45) is 5.73 Å². The number of hydrogen-bond acceptors (Lipinski definition) is 6. The number of carbonyl (C=O) groups is 2. The zero-order valence-electron chi connectivity index (χ0n) is 13.5. The average molecular weight is 345 g/mol. The minimum absolute atomic E-state index is 0.108. The summed E-state index contributed by atoms with van der Waals surface area (Å²) in [5, 5.41) is 5.79. The lowest BCUT2D eigenvalue weighted by Gasteiger charge is -2.07. The summed E-state index contributed by atoms with van der Waals surface area (Å²) in [6.07, 6.45) is 0. The van der Waals surface area contributed by atoms with E-state index in [2.05, 4.69) is 20.6 Å². The lowest BCUT2D eigenvalue weighted by atomic mass is 10.3. The summed E-state index contributed by atoms with van der Waals surface area (Å²) in [5.74, 6) is -0.680. The van der Waals surface area contributed by atoms with Gasteiger partial charge in [-0.25, -0.2) is 9.97 Å². The van der Waals surface area contributed by atoms with Crippen molar-refractivity contribution in [1.29, 1.82) is 0 Å². The maximum Gasteiger partial charge on any atom is 0.243 e. The highest BCUT2D eigenvalue weighted by Gasteiger charge is 2.06. The van der Waals surface area contributed by atoms with Gasteiger partial charge in [-0.1, -0.05) is 0 Å². The van der Waals surface area contributed by atoms with Crippen LogP contribution in [0.1, 0.15) is 11.4 Å². The Labute approximate surface area is 144 Å². The van der Waals surface area contributed by atoms with E-state index in [9.17, 15) is 9.59 Å². The Morgan fingerprint density at radius 1 is 1.08 bits per heavy atom. The summed E-state index contributed by atoms with van der Waals surface area (Å²) in [4.78, 5) is 32.4. The Hall–Kier alpha value is -2.45. The number of aryl methyl sites for hydroxylation is 2. The lowest BCUT2D eigenvalue weighted by Crippen LogP contribution is -2.36. The summed E-state index contributed by atoms with van der Waals surface area (Å²) in [5.41, 5.74) is 7.65. The molecule has 0 fully saturated rings. The van der Waals surface area contributed by atoms with Gasteiger partial charge in [0.2, 0.25) is 11.8 Å². The standard InChI is InChI=1S/C16H19N5O2S/c1-10-7-11(2)20-16(19-10)24-13-5-3-12(4-6-13)21-15(23)9-18-14(22)8-17/h3-7H,8-9,17H2,1-2H3,(H,18,22)(H,21,23). The first kappa shape index (κ1) is 17.9. The molecule has 1 heterocycles. The molecule has 0 saturated carbocycles. The zero-order chi connectivity index (χ0) is 17.5. The number of benzene rings is 1. The number of nitrogens with two attached hydrogens (primary N) is 1. The van der Waals surface area contributed by atoms with Crippen molar-refractivity contribution in [1.82, 2.24) is 15.3 Å². The Morgan fingerprint density at radius 3 is 2.29 bits per heavy atom. The molecule has 0 bridgehead atoms. The van der Waals surface area contributed by atoms with Gasteiger partial charge in [0.1, 0.15) is 0 Å². The third-order valence-electron chi connectivity index (χ3n) is 2.94. The Bertz CT molecular complexity index is 713. The van der Waals surface area contributed by atoms with Crippen molar-refractivity contribution in [2.75, 3.05) is 18.4 Å². The average Bonchev–Trinajstić information content (AvgIpc) is 2.53. The normalized spacial score (nSPS) is 10.3. The van der Waals surface area contributed by atoms with Crippen LogP contribution < -0.4 is 16.4 Å². The van der Waals surface area contributed by atoms with Crippen molar-refractivity contribution in [3.63, 3.8) is 0 Å². The summed E-state index contributed by atoms with van der Waals surface area (Å²) in [6.45, 7) is 3.62. The molecule has 1 aromatic heterocycles. The molecule has 0 aliphatic heterocycles. The van der Waals surface area contributed by atoms with Gasteiger partial charge < -0.3 is 16.4 Å². The van der Waals surface area contributed by atoms with E-state index < -0.39 is 0 Å². The highest BCUT2D eigenvalue weighted by atomic mass is 32.2. The first-order valence-corrected chi connectivity index (χ1v) is 8.15. The molecule has 0 spiro atoms. The van der Waals surface area contributed by atoms with Crippen molar-refractivity contribution in [3.8, 4) is 0 Å². The maximum atomic E-state index is 11.7. The number of rotatable bonds is 6. The molecule has 0 aliphatic carbocycles. The largest absolute Gasteiger partial charge is 0.346 e.